The number of benzene rings is 1. The number of rotatable bonds is 6. The Kier molecular flexibility index (Phi) is 5.50. The molecule has 2 atom stereocenters. The summed E-state index contributed by atoms with van der Waals surface area (Å²) in [5.74, 6) is 1.69. The van der Waals surface area contributed by atoms with Gasteiger partial charge in [0, 0.05) is 31.6 Å². The van der Waals surface area contributed by atoms with E-state index in [1.807, 2.05) is 31.2 Å². The largest absolute Gasteiger partial charge is 0.395 e. The number of aromatic nitrogens is 2. The summed E-state index contributed by atoms with van der Waals surface area (Å²) in [6.45, 7) is 3.96. The molecule has 0 bridgehead atoms. The lowest BCUT2D eigenvalue weighted by Crippen LogP contribution is -2.51. The van der Waals surface area contributed by atoms with E-state index in [0.29, 0.717) is 18.8 Å². The topological polar surface area (TPSA) is 81.5 Å². The maximum Gasteiger partial charge on any atom is 0.134 e. The molecule has 0 aliphatic carbocycles. The molecule has 6 heteroatoms. The Morgan fingerprint density at radius 1 is 1.28 bits per heavy atom. The fourth-order valence-corrected chi connectivity index (χ4v) is 3.31. The van der Waals surface area contributed by atoms with Crippen LogP contribution in [0.1, 0.15) is 18.9 Å². The average molecular weight is 342 g/mol. The van der Waals surface area contributed by atoms with E-state index in [9.17, 15) is 5.11 Å². The van der Waals surface area contributed by atoms with Gasteiger partial charge in [-0.2, -0.15) is 0 Å². The van der Waals surface area contributed by atoms with Gasteiger partial charge in [-0.1, -0.05) is 30.3 Å². The van der Waals surface area contributed by atoms with Crippen molar-refractivity contribution in [1.82, 2.24) is 9.97 Å². The van der Waals surface area contributed by atoms with Crippen LogP contribution in [0.25, 0.3) is 0 Å². The van der Waals surface area contributed by atoms with Crippen molar-refractivity contribution in [2.24, 2.45) is 5.92 Å². The molecule has 25 heavy (non-hydrogen) atoms. The van der Waals surface area contributed by atoms with E-state index in [2.05, 4.69) is 32.3 Å². The van der Waals surface area contributed by atoms with Crippen LogP contribution in [0.4, 0.5) is 11.6 Å². The monoisotopic (exact) mass is 342 g/mol. The van der Waals surface area contributed by atoms with E-state index >= 15 is 0 Å². The molecule has 2 aromatic rings. The molecule has 3 rings (SSSR count). The summed E-state index contributed by atoms with van der Waals surface area (Å²) in [4.78, 5) is 10.8. The summed E-state index contributed by atoms with van der Waals surface area (Å²) in [6.07, 6.45) is 3.08. The predicted octanol–water partition coefficient (Wildman–Crippen LogP) is 1.70. The second kappa shape index (κ2) is 7.80. The van der Waals surface area contributed by atoms with Gasteiger partial charge in [0.15, 0.2) is 0 Å². The Labute approximate surface area is 148 Å². The Morgan fingerprint density at radius 2 is 2.08 bits per heavy atom. The van der Waals surface area contributed by atoms with Crippen molar-refractivity contribution in [2.45, 2.75) is 25.4 Å². The summed E-state index contributed by atoms with van der Waals surface area (Å²) in [6, 6.07) is 12.2. The Morgan fingerprint density at radius 3 is 2.84 bits per heavy atom. The van der Waals surface area contributed by atoms with E-state index in [4.69, 9.17) is 5.11 Å². The first-order chi connectivity index (χ1) is 12.1. The van der Waals surface area contributed by atoms with Crippen molar-refractivity contribution < 1.29 is 10.2 Å². The summed E-state index contributed by atoms with van der Waals surface area (Å²) >= 11 is 0. The van der Waals surface area contributed by atoms with E-state index in [1.54, 1.807) is 0 Å². The summed E-state index contributed by atoms with van der Waals surface area (Å²) in [5.41, 5.74) is 0.555. The fourth-order valence-electron chi connectivity index (χ4n) is 3.31. The number of nitrogens with zero attached hydrogens (tertiary/aromatic N) is 3. The lowest BCUT2D eigenvalue weighted by molar-refractivity contribution is -0.0168. The molecule has 134 valence electrons. The van der Waals surface area contributed by atoms with E-state index in [1.165, 1.54) is 11.9 Å². The number of aliphatic hydroxyl groups excluding tert-OH is 1. The minimum atomic E-state index is -0.683. The van der Waals surface area contributed by atoms with Gasteiger partial charge in [-0.25, -0.2) is 9.97 Å². The van der Waals surface area contributed by atoms with Crippen LogP contribution in [-0.2, 0) is 6.42 Å². The van der Waals surface area contributed by atoms with Gasteiger partial charge in [0.2, 0.25) is 0 Å². The molecule has 0 amide bonds. The third-order valence-corrected chi connectivity index (χ3v) is 4.93. The molecule has 0 unspecified atom stereocenters. The summed E-state index contributed by atoms with van der Waals surface area (Å²) in [5, 5.41) is 22.8. The highest BCUT2D eigenvalue weighted by Gasteiger charge is 2.37. The molecule has 1 saturated heterocycles. The standard InChI is InChI=1S/C19H26N4O2/c1-19(25)7-9-23(13-16(19)11-15-5-3-2-4-6-15)18-12-17(20-8-10-24)21-14-22-18/h2-6,12,14,16,24-25H,7-11,13H2,1H3,(H,20,21,22)/t16-,19+/m0/s1. The van der Waals surface area contributed by atoms with Crippen LogP contribution in [0, 0.1) is 5.92 Å². The molecule has 3 N–H and O–H groups in total. The molecule has 1 aromatic heterocycles. The van der Waals surface area contributed by atoms with Crippen molar-refractivity contribution in [2.75, 3.05) is 36.5 Å². The second-order valence-corrected chi connectivity index (χ2v) is 6.85. The molecule has 1 aromatic carbocycles. The van der Waals surface area contributed by atoms with Crippen molar-refractivity contribution in [3.05, 3.63) is 48.3 Å². The quantitative estimate of drug-likeness (QED) is 0.741. The molecule has 1 fully saturated rings. The molecule has 6 nitrogen and oxygen atoms in total. The highest BCUT2D eigenvalue weighted by atomic mass is 16.3. The number of aliphatic hydroxyl groups is 2. The smallest absolute Gasteiger partial charge is 0.134 e. The number of anilines is 2. The van der Waals surface area contributed by atoms with Gasteiger partial charge < -0.3 is 20.4 Å². The fraction of sp³-hybridized carbons (Fsp3) is 0.474. The number of hydrogen-bond acceptors (Lipinski definition) is 6. The first-order valence-electron chi connectivity index (χ1n) is 8.76. The lowest BCUT2D eigenvalue weighted by atomic mass is 9.79. The zero-order valence-electron chi connectivity index (χ0n) is 14.6. The first-order valence-corrected chi connectivity index (χ1v) is 8.76. The molecule has 0 radical (unpaired) electrons. The van der Waals surface area contributed by atoms with Gasteiger partial charge >= 0.3 is 0 Å². The van der Waals surface area contributed by atoms with E-state index in [0.717, 1.165) is 25.3 Å². The Balaban J connectivity index is 1.73. The lowest BCUT2D eigenvalue weighted by Gasteiger charge is -2.43. The van der Waals surface area contributed by atoms with Crippen LogP contribution in [-0.4, -0.2) is 52.0 Å². The van der Waals surface area contributed by atoms with E-state index in [-0.39, 0.29) is 12.5 Å². The Bertz CT molecular complexity index is 678. The van der Waals surface area contributed by atoms with Crippen LogP contribution in [0.3, 0.4) is 0 Å². The van der Waals surface area contributed by atoms with Crippen molar-refractivity contribution >= 4 is 11.6 Å². The molecule has 2 heterocycles. The van der Waals surface area contributed by atoms with Gasteiger partial charge in [0.05, 0.1) is 12.2 Å². The van der Waals surface area contributed by atoms with Gasteiger partial charge in [-0.3, -0.25) is 0 Å². The highest BCUT2D eigenvalue weighted by Crippen LogP contribution is 2.32. The Hall–Kier alpha value is -2.18. The SMILES string of the molecule is C[C@@]1(O)CCN(c2cc(NCCO)ncn2)C[C@@H]1Cc1ccccc1. The average Bonchev–Trinajstić information content (AvgIpc) is 2.63. The third kappa shape index (κ3) is 4.46. The van der Waals surface area contributed by atoms with E-state index < -0.39 is 5.60 Å². The van der Waals surface area contributed by atoms with Crippen LogP contribution in [0.5, 0.6) is 0 Å². The van der Waals surface area contributed by atoms with Crippen LogP contribution in [0.2, 0.25) is 0 Å². The van der Waals surface area contributed by atoms with Crippen molar-refractivity contribution in [3.8, 4) is 0 Å². The summed E-state index contributed by atoms with van der Waals surface area (Å²) < 4.78 is 0. The third-order valence-electron chi connectivity index (χ3n) is 4.93. The van der Waals surface area contributed by atoms with Crippen LogP contribution in [0.15, 0.2) is 42.7 Å². The maximum atomic E-state index is 10.8. The zero-order valence-corrected chi connectivity index (χ0v) is 14.6. The van der Waals surface area contributed by atoms with Crippen molar-refractivity contribution in [3.63, 3.8) is 0 Å². The number of piperidine rings is 1. The molecular weight excluding hydrogens is 316 g/mol. The molecule has 1 aliphatic heterocycles. The minimum absolute atomic E-state index is 0.0606. The van der Waals surface area contributed by atoms with Gasteiger partial charge in [-0.15, -0.1) is 0 Å². The van der Waals surface area contributed by atoms with Crippen LogP contribution < -0.4 is 10.2 Å². The predicted molar refractivity (Wildman–Crippen MR) is 98.7 cm³/mol. The van der Waals surface area contributed by atoms with Gasteiger partial charge in [0.25, 0.3) is 0 Å². The molecule has 0 saturated carbocycles. The second-order valence-electron chi connectivity index (χ2n) is 6.85. The first kappa shape index (κ1) is 17.6. The van der Waals surface area contributed by atoms with Gasteiger partial charge in [-0.05, 0) is 25.3 Å². The number of hydrogen-bond donors (Lipinski definition) is 3. The number of nitrogens with one attached hydrogen (secondary N) is 1. The maximum absolute atomic E-state index is 10.8. The van der Waals surface area contributed by atoms with Crippen LogP contribution >= 0.6 is 0 Å². The highest BCUT2D eigenvalue weighted by molar-refractivity contribution is 5.49. The zero-order chi connectivity index (χ0) is 17.7. The van der Waals surface area contributed by atoms with Crippen molar-refractivity contribution in [1.29, 1.82) is 0 Å². The molecular formula is C19H26N4O2. The minimum Gasteiger partial charge on any atom is -0.395 e. The molecule has 1 aliphatic rings. The summed E-state index contributed by atoms with van der Waals surface area (Å²) in [7, 11) is 0. The normalized spacial score (nSPS) is 23.5. The molecule has 0 spiro atoms. The van der Waals surface area contributed by atoms with Gasteiger partial charge in [0.1, 0.15) is 18.0 Å².